The first kappa shape index (κ1) is 15.1. The van der Waals surface area contributed by atoms with Gasteiger partial charge in [0.25, 0.3) is 5.91 Å². The third-order valence-corrected chi connectivity index (χ3v) is 5.82. The van der Waals surface area contributed by atoms with Crippen molar-refractivity contribution in [1.82, 2.24) is 9.62 Å². The summed E-state index contributed by atoms with van der Waals surface area (Å²) >= 11 is 0. The van der Waals surface area contributed by atoms with Gasteiger partial charge in [0.15, 0.2) is 0 Å². The number of likely N-dealkylation sites (N-methyl/N-ethyl adjacent to an activating group) is 1. The Kier molecular flexibility index (Phi) is 3.33. The Morgan fingerprint density at radius 1 is 1.41 bits per heavy atom. The van der Waals surface area contributed by atoms with Gasteiger partial charge in [0.2, 0.25) is 10.0 Å². The summed E-state index contributed by atoms with van der Waals surface area (Å²) in [5, 5.41) is -0.935. The van der Waals surface area contributed by atoms with Crippen LogP contribution in [0.5, 0.6) is 0 Å². The van der Waals surface area contributed by atoms with Crippen LogP contribution in [0.15, 0.2) is 28.8 Å². The van der Waals surface area contributed by atoms with Crippen LogP contribution in [0.1, 0.15) is 26.7 Å². The lowest BCUT2D eigenvalue weighted by Gasteiger charge is -2.26. The van der Waals surface area contributed by atoms with Crippen molar-refractivity contribution in [2.24, 2.45) is 4.99 Å². The standard InChI is InChI=1S/C14H17N3O4S/c1-3-17-12(18)10-8-9(4-5-11(10)15-13(17)19)22(20,21)16-14(2)6-7-14/h4-5,8-9,16H,3,6-7H2,1-2H3. The fraction of sp³-hybridized carbons (Fsp3) is 0.500. The van der Waals surface area contributed by atoms with E-state index in [1.807, 2.05) is 6.92 Å². The predicted octanol–water partition coefficient (Wildman–Crippen LogP) is 0.746. The molecule has 1 atom stereocenters. The Labute approximate surface area is 128 Å². The number of fused-ring (bicyclic) bond motifs is 1. The number of nitrogens with one attached hydrogen (secondary N) is 1. The second-order valence-electron chi connectivity index (χ2n) is 5.94. The maximum absolute atomic E-state index is 12.4. The van der Waals surface area contributed by atoms with E-state index in [2.05, 4.69) is 9.71 Å². The Morgan fingerprint density at radius 2 is 2.09 bits per heavy atom. The van der Waals surface area contributed by atoms with Crippen LogP contribution >= 0.6 is 0 Å². The molecule has 0 spiro atoms. The normalized spacial score (nSPS) is 26.5. The van der Waals surface area contributed by atoms with Gasteiger partial charge in [-0.25, -0.2) is 17.9 Å². The van der Waals surface area contributed by atoms with Crippen molar-refractivity contribution >= 4 is 27.7 Å². The molecule has 1 heterocycles. The molecule has 0 aromatic rings. The zero-order chi connectivity index (χ0) is 16.1. The van der Waals surface area contributed by atoms with Crippen LogP contribution in [-0.4, -0.2) is 48.3 Å². The van der Waals surface area contributed by atoms with E-state index in [4.69, 9.17) is 0 Å². The summed E-state index contributed by atoms with van der Waals surface area (Å²) in [7, 11) is -3.61. The molecule has 0 radical (unpaired) electrons. The van der Waals surface area contributed by atoms with Gasteiger partial charge in [-0.3, -0.25) is 9.69 Å². The van der Waals surface area contributed by atoms with Gasteiger partial charge >= 0.3 is 6.03 Å². The summed E-state index contributed by atoms with van der Waals surface area (Å²) < 4.78 is 27.5. The first-order valence-corrected chi connectivity index (χ1v) is 8.68. The molecule has 1 unspecified atom stereocenters. The van der Waals surface area contributed by atoms with Crippen LogP contribution in [0, 0.1) is 0 Å². The van der Waals surface area contributed by atoms with Crippen LogP contribution in [-0.2, 0) is 14.8 Å². The number of imide groups is 1. The van der Waals surface area contributed by atoms with E-state index in [-0.39, 0.29) is 23.4 Å². The van der Waals surface area contributed by atoms with Crippen molar-refractivity contribution in [2.75, 3.05) is 6.54 Å². The molecule has 22 heavy (non-hydrogen) atoms. The van der Waals surface area contributed by atoms with Crippen molar-refractivity contribution in [2.45, 2.75) is 37.5 Å². The SMILES string of the molecule is CCN1C(=O)N=C2C=CC(S(=O)(=O)NC3(C)CC3)C=C2C1=O. The van der Waals surface area contributed by atoms with Crippen molar-refractivity contribution in [3.05, 3.63) is 23.8 Å². The van der Waals surface area contributed by atoms with Crippen molar-refractivity contribution in [3.8, 4) is 0 Å². The predicted molar refractivity (Wildman–Crippen MR) is 80.9 cm³/mol. The average molecular weight is 323 g/mol. The third kappa shape index (κ3) is 2.52. The van der Waals surface area contributed by atoms with Crippen LogP contribution in [0.3, 0.4) is 0 Å². The molecule has 8 heteroatoms. The van der Waals surface area contributed by atoms with Gasteiger partial charge in [0.05, 0.1) is 11.3 Å². The van der Waals surface area contributed by atoms with Gasteiger partial charge in [0.1, 0.15) is 5.25 Å². The van der Waals surface area contributed by atoms with E-state index >= 15 is 0 Å². The Morgan fingerprint density at radius 3 is 2.68 bits per heavy atom. The number of carbonyl (C=O) groups is 2. The lowest BCUT2D eigenvalue weighted by molar-refractivity contribution is -0.123. The molecule has 3 rings (SSSR count). The lowest BCUT2D eigenvalue weighted by Crippen LogP contribution is -2.45. The van der Waals surface area contributed by atoms with Gasteiger partial charge in [-0.2, -0.15) is 4.99 Å². The number of urea groups is 1. The molecule has 0 aromatic carbocycles. The topological polar surface area (TPSA) is 95.9 Å². The fourth-order valence-electron chi connectivity index (χ4n) is 2.43. The van der Waals surface area contributed by atoms with E-state index in [1.165, 1.54) is 18.2 Å². The van der Waals surface area contributed by atoms with E-state index < -0.39 is 27.2 Å². The van der Waals surface area contributed by atoms with Gasteiger partial charge in [-0.05, 0) is 38.8 Å². The number of carbonyl (C=O) groups excluding carboxylic acids is 2. The number of nitrogens with zero attached hydrogens (tertiary/aromatic N) is 2. The number of hydrogen-bond donors (Lipinski definition) is 1. The molecule has 1 fully saturated rings. The van der Waals surface area contributed by atoms with Crippen molar-refractivity contribution < 1.29 is 18.0 Å². The molecular formula is C14H17N3O4S. The lowest BCUT2D eigenvalue weighted by atomic mass is 10.0. The summed E-state index contributed by atoms with van der Waals surface area (Å²) in [6.07, 6.45) is 5.85. The molecule has 1 saturated carbocycles. The molecule has 0 bridgehead atoms. The first-order chi connectivity index (χ1) is 10.3. The molecule has 3 aliphatic rings. The minimum absolute atomic E-state index is 0.167. The molecule has 118 valence electrons. The first-order valence-electron chi connectivity index (χ1n) is 7.13. The van der Waals surface area contributed by atoms with E-state index in [9.17, 15) is 18.0 Å². The Bertz CT molecular complexity index is 744. The highest BCUT2D eigenvalue weighted by Gasteiger charge is 2.43. The summed E-state index contributed by atoms with van der Waals surface area (Å²) in [4.78, 5) is 28.8. The maximum Gasteiger partial charge on any atom is 0.351 e. The average Bonchev–Trinajstić information content (AvgIpc) is 3.15. The summed E-state index contributed by atoms with van der Waals surface area (Å²) in [5.74, 6) is -0.500. The largest absolute Gasteiger partial charge is 0.351 e. The fourth-order valence-corrected chi connectivity index (χ4v) is 4.06. The molecule has 7 nitrogen and oxygen atoms in total. The number of sulfonamides is 1. The number of amides is 3. The smallest absolute Gasteiger partial charge is 0.268 e. The summed E-state index contributed by atoms with van der Waals surface area (Å²) in [6, 6.07) is -0.616. The summed E-state index contributed by atoms with van der Waals surface area (Å²) in [5.41, 5.74) is 0.0192. The minimum Gasteiger partial charge on any atom is -0.268 e. The van der Waals surface area contributed by atoms with Crippen LogP contribution < -0.4 is 4.72 Å². The second-order valence-corrected chi connectivity index (χ2v) is 7.78. The van der Waals surface area contributed by atoms with E-state index in [0.29, 0.717) is 0 Å². The highest BCUT2D eigenvalue weighted by atomic mass is 32.2. The Hall–Kier alpha value is -1.80. The van der Waals surface area contributed by atoms with E-state index in [1.54, 1.807) is 6.92 Å². The number of aliphatic imine (C=N–C) groups is 1. The minimum atomic E-state index is -3.61. The quantitative estimate of drug-likeness (QED) is 0.825. The molecule has 0 aromatic heterocycles. The highest BCUT2D eigenvalue weighted by Crippen LogP contribution is 2.36. The molecule has 0 saturated heterocycles. The molecule has 1 N–H and O–H groups in total. The summed E-state index contributed by atoms with van der Waals surface area (Å²) in [6.45, 7) is 3.71. The maximum atomic E-state index is 12.4. The van der Waals surface area contributed by atoms with Gasteiger partial charge in [0, 0.05) is 12.1 Å². The number of allylic oxidation sites excluding steroid dienone is 1. The molecule has 2 aliphatic carbocycles. The van der Waals surface area contributed by atoms with Gasteiger partial charge < -0.3 is 0 Å². The second kappa shape index (κ2) is 4.85. The molecule has 3 amide bonds. The van der Waals surface area contributed by atoms with Gasteiger partial charge in [-0.1, -0.05) is 6.08 Å². The number of rotatable bonds is 4. The van der Waals surface area contributed by atoms with Crippen LogP contribution in [0.25, 0.3) is 0 Å². The third-order valence-electron chi connectivity index (χ3n) is 4.04. The molecular weight excluding hydrogens is 306 g/mol. The van der Waals surface area contributed by atoms with E-state index in [0.717, 1.165) is 17.7 Å². The highest BCUT2D eigenvalue weighted by molar-refractivity contribution is 7.90. The van der Waals surface area contributed by atoms with Gasteiger partial charge in [-0.15, -0.1) is 0 Å². The number of hydrogen-bond acceptors (Lipinski definition) is 4. The molecule has 1 aliphatic heterocycles. The van der Waals surface area contributed by atoms with Crippen molar-refractivity contribution in [3.63, 3.8) is 0 Å². The zero-order valence-electron chi connectivity index (χ0n) is 12.4. The van der Waals surface area contributed by atoms with Crippen molar-refractivity contribution in [1.29, 1.82) is 0 Å². The monoisotopic (exact) mass is 323 g/mol. The van der Waals surface area contributed by atoms with Crippen LogP contribution in [0.4, 0.5) is 4.79 Å². The Balaban J connectivity index is 1.93. The zero-order valence-corrected chi connectivity index (χ0v) is 13.2. The van der Waals surface area contributed by atoms with Crippen LogP contribution in [0.2, 0.25) is 0 Å².